The first kappa shape index (κ1) is 12.1. The molecule has 0 heterocycles. The van der Waals surface area contributed by atoms with E-state index in [0.29, 0.717) is 12.0 Å². The van der Waals surface area contributed by atoms with Gasteiger partial charge in [-0.05, 0) is 36.5 Å². The Bertz CT molecular complexity index is 321. The van der Waals surface area contributed by atoms with E-state index in [9.17, 15) is 8.78 Å². The van der Waals surface area contributed by atoms with Crippen molar-refractivity contribution in [3.63, 3.8) is 0 Å². The molecule has 2 N–H and O–H groups in total. The third-order valence-corrected chi connectivity index (χ3v) is 2.40. The molecule has 0 aliphatic carbocycles. The SMILES string of the molecule is Cc1c(CCO)cc(CCO)c(F)c1F. The minimum Gasteiger partial charge on any atom is -0.396 e. The Kier molecular flexibility index (Phi) is 4.17. The number of hydrogen-bond acceptors (Lipinski definition) is 2. The third kappa shape index (κ3) is 2.52. The number of halogens is 2. The van der Waals surface area contributed by atoms with Crippen LogP contribution in [0.1, 0.15) is 16.7 Å². The third-order valence-electron chi connectivity index (χ3n) is 2.40. The van der Waals surface area contributed by atoms with Crippen LogP contribution in [0, 0.1) is 18.6 Å². The fourth-order valence-corrected chi connectivity index (χ4v) is 1.51. The molecular formula is C11H14F2O2. The van der Waals surface area contributed by atoms with E-state index in [1.807, 2.05) is 0 Å². The van der Waals surface area contributed by atoms with Gasteiger partial charge in [-0.15, -0.1) is 0 Å². The quantitative estimate of drug-likeness (QED) is 0.797. The van der Waals surface area contributed by atoms with Crippen LogP contribution >= 0.6 is 0 Å². The van der Waals surface area contributed by atoms with E-state index in [2.05, 4.69) is 0 Å². The predicted molar refractivity (Wildman–Crippen MR) is 52.7 cm³/mol. The van der Waals surface area contributed by atoms with Crippen molar-refractivity contribution in [2.75, 3.05) is 13.2 Å². The van der Waals surface area contributed by atoms with E-state index < -0.39 is 11.6 Å². The molecule has 0 aliphatic rings. The normalized spacial score (nSPS) is 10.7. The molecule has 2 nitrogen and oxygen atoms in total. The Morgan fingerprint density at radius 1 is 1.00 bits per heavy atom. The summed E-state index contributed by atoms with van der Waals surface area (Å²) in [5.41, 5.74) is 0.965. The highest BCUT2D eigenvalue weighted by Crippen LogP contribution is 2.21. The summed E-state index contributed by atoms with van der Waals surface area (Å²) in [5, 5.41) is 17.4. The lowest BCUT2D eigenvalue weighted by atomic mass is 10.00. The molecule has 0 saturated carbocycles. The smallest absolute Gasteiger partial charge is 0.162 e. The molecule has 1 aromatic carbocycles. The zero-order valence-corrected chi connectivity index (χ0v) is 8.56. The summed E-state index contributed by atoms with van der Waals surface area (Å²) in [7, 11) is 0. The van der Waals surface area contributed by atoms with Gasteiger partial charge in [-0.3, -0.25) is 0 Å². The fraction of sp³-hybridized carbons (Fsp3) is 0.455. The summed E-state index contributed by atoms with van der Waals surface area (Å²) in [6.45, 7) is 1.15. The number of rotatable bonds is 4. The van der Waals surface area contributed by atoms with Gasteiger partial charge in [-0.25, -0.2) is 8.78 Å². The lowest BCUT2D eigenvalue weighted by molar-refractivity contribution is 0.295. The molecule has 1 aromatic rings. The van der Waals surface area contributed by atoms with Crippen LogP contribution in [-0.4, -0.2) is 23.4 Å². The Hall–Kier alpha value is -1.00. The second-order valence-electron chi connectivity index (χ2n) is 3.39. The van der Waals surface area contributed by atoms with Crippen LogP contribution in [0.15, 0.2) is 6.07 Å². The Morgan fingerprint density at radius 2 is 1.53 bits per heavy atom. The van der Waals surface area contributed by atoms with Crippen LogP contribution in [-0.2, 0) is 12.8 Å². The van der Waals surface area contributed by atoms with E-state index >= 15 is 0 Å². The second kappa shape index (κ2) is 5.19. The molecule has 0 aromatic heterocycles. The van der Waals surface area contributed by atoms with Gasteiger partial charge in [-0.2, -0.15) is 0 Å². The van der Waals surface area contributed by atoms with Gasteiger partial charge < -0.3 is 10.2 Å². The molecule has 4 heteroatoms. The van der Waals surface area contributed by atoms with Gasteiger partial charge in [0.25, 0.3) is 0 Å². The van der Waals surface area contributed by atoms with Crippen LogP contribution in [0.2, 0.25) is 0 Å². The monoisotopic (exact) mass is 216 g/mol. The molecule has 0 fully saturated rings. The maximum atomic E-state index is 13.4. The summed E-state index contributed by atoms with van der Waals surface area (Å²) in [4.78, 5) is 0. The number of aliphatic hydroxyl groups is 2. The molecule has 0 unspecified atom stereocenters. The second-order valence-corrected chi connectivity index (χ2v) is 3.39. The molecule has 1 rings (SSSR count). The first-order chi connectivity index (χ1) is 7.11. The molecular weight excluding hydrogens is 202 g/mol. The van der Waals surface area contributed by atoms with Crippen LogP contribution < -0.4 is 0 Å². The van der Waals surface area contributed by atoms with E-state index in [-0.39, 0.29) is 30.8 Å². The van der Waals surface area contributed by atoms with Crippen LogP contribution in [0.4, 0.5) is 8.78 Å². The molecule has 0 atom stereocenters. The molecule has 0 bridgehead atoms. The summed E-state index contributed by atoms with van der Waals surface area (Å²) in [5.74, 6) is -1.78. The average molecular weight is 216 g/mol. The van der Waals surface area contributed by atoms with Crippen molar-refractivity contribution in [1.29, 1.82) is 0 Å². The number of benzene rings is 1. The standard InChI is InChI=1S/C11H14F2O2/c1-7-8(2-4-14)6-9(3-5-15)11(13)10(7)12/h6,14-15H,2-5H2,1H3. The van der Waals surface area contributed by atoms with Gasteiger partial charge >= 0.3 is 0 Å². The Balaban J connectivity index is 3.19. The minimum atomic E-state index is -0.900. The molecule has 0 radical (unpaired) electrons. The van der Waals surface area contributed by atoms with E-state index in [4.69, 9.17) is 10.2 Å². The summed E-state index contributed by atoms with van der Waals surface area (Å²) >= 11 is 0. The lowest BCUT2D eigenvalue weighted by Crippen LogP contribution is -2.05. The average Bonchev–Trinajstić information content (AvgIpc) is 2.22. The van der Waals surface area contributed by atoms with Crippen molar-refractivity contribution in [3.8, 4) is 0 Å². The predicted octanol–water partition coefficient (Wildman–Crippen LogP) is 1.34. The summed E-state index contributed by atoms with van der Waals surface area (Å²) < 4.78 is 26.7. The number of hydrogen-bond donors (Lipinski definition) is 2. The lowest BCUT2D eigenvalue weighted by Gasteiger charge is -2.10. The van der Waals surface area contributed by atoms with E-state index in [1.54, 1.807) is 0 Å². The molecule has 84 valence electrons. The largest absolute Gasteiger partial charge is 0.396 e. The molecule has 0 spiro atoms. The van der Waals surface area contributed by atoms with Crippen molar-refractivity contribution in [2.45, 2.75) is 19.8 Å². The topological polar surface area (TPSA) is 40.5 Å². The summed E-state index contributed by atoms with van der Waals surface area (Å²) in [6.07, 6.45) is 0.378. The van der Waals surface area contributed by atoms with E-state index in [0.717, 1.165) is 0 Å². The van der Waals surface area contributed by atoms with Gasteiger partial charge in [0.1, 0.15) is 0 Å². The van der Waals surface area contributed by atoms with Gasteiger partial charge in [0.2, 0.25) is 0 Å². The fourth-order valence-electron chi connectivity index (χ4n) is 1.51. The van der Waals surface area contributed by atoms with Gasteiger partial charge in [0.15, 0.2) is 11.6 Å². The van der Waals surface area contributed by atoms with Crippen LogP contribution in [0.25, 0.3) is 0 Å². The highest BCUT2D eigenvalue weighted by Gasteiger charge is 2.14. The Morgan fingerprint density at radius 3 is 2.07 bits per heavy atom. The first-order valence-electron chi connectivity index (χ1n) is 4.79. The highest BCUT2D eigenvalue weighted by atomic mass is 19.2. The van der Waals surface area contributed by atoms with E-state index in [1.165, 1.54) is 13.0 Å². The van der Waals surface area contributed by atoms with Crippen LogP contribution in [0.3, 0.4) is 0 Å². The molecule has 15 heavy (non-hydrogen) atoms. The first-order valence-corrected chi connectivity index (χ1v) is 4.79. The van der Waals surface area contributed by atoms with Crippen LogP contribution in [0.5, 0.6) is 0 Å². The van der Waals surface area contributed by atoms with Crippen molar-refractivity contribution in [3.05, 3.63) is 34.4 Å². The highest BCUT2D eigenvalue weighted by molar-refractivity contribution is 5.34. The maximum Gasteiger partial charge on any atom is 0.162 e. The number of aliphatic hydroxyl groups excluding tert-OH is 2. The molecule has 0 saturated heterocycles. The zero-order valence-electron chi connectivity index (χ0n) is 8.56. The maximum absolute atomic E-state index is 13.4. The van der Waals surface area contributed by atoms with Gasteiger partial charge in [-0.1, -0.05) is 6.07 Å². The van der Waals surface area contributed by atoms with Crippen molar-refractivity contribution in [2.24, 2.45) is 0 Å². The molecule has 0 amide bonds. The zero-order chi connectivity index (χ0) is 11.4. The summed E-state index contributed by atoms with van der Waals surface area (Å²) in [6, 6.07) is 1.50. The molecule has 0 aliphatic heterocycles. The minimum absolute atomic E-state index is 0.0848. The van der Waals surface area contributed by atoms with Crippen molar-refractivity contribution in [1.82, 2.24) is 0 Å². The van der Waals surface area contributed by atoms with Gasteiger partial charge in [0, 0.05) is 13.2 Å². The van der Waals surface area contributed by atoms with Crippen molar-refractivity contribution < 1.29 is 19.0 Å². The van der Waals surface area contributed by atoms with Crippen molar-refractivity contribution >= 4 is 0 Å². The van der Waals surface area contributed by atoms with Gasteiger partial charge in [0.05, 0.1) is 0 Å². The Labute approximate surface area is 87.2 Å².